The number of esters is 1. The molecule has 1 aliphatic heterocycles. The van der Waals surface area contributed by atoms with Crippen molar-refractivity contribution in [2.45, 2.75) is 70.7 Å². The number of ether oxygens (including phenoxy) is 1. The van der Waals surface area contributed by atoms with E-state index in [1.54, 1.807) is 0 Å². The largest absolute Gasteiger partial charge is 0.459 e. The third kappa shape index (κ3) is 4.57. The molecule has 1 aliphatic rings. The Morgan fingerprint density at radius 2 is 1.47 bits per heavy atom. The van der Waals surface area contributed by atoms with Crippen LogP contribution in [0.3, 0.4) is 0 Å². The summed E-state index contributed by atoms with van der Waals surface area (Å²) in [7, 11) is 0. The van der Waals surface area contributed by atoms with Crippen LogP contribution < -0.4 is 0 Å². The fourth-order valence-corrected chi connectivity index (χ4v) is 5.10. The summed E-state index contributed by atoms with van der Waals surface area (Å²) in [5, 5.41) is 4.08. The molecule has 32 heavy (non-hydrogen) atoms. The number of piperidine rings is 1. The second-order valence-corrected chi connectivity index (χ2v) is 10.0. The summed E-state index contributed by atoms with van der Waals surface area (Å²) >= 11 is 0. The molecule has 4 heteroatoms. The van der Waals surface area contributed by atoms with E-state index >= 15 is 0 Å². The topological polar surface area (TPSA) is 38.8 Å². The monoisotopic (exact) mass is 431 g/mol. The van der Waals surface area contributed by atoms with Crippen LogP contribution >= 0.6 is 0 Å². The van der Waals surface area contributed by atoms with E-state index in [1.165, 1.54) is 0 Å². The van der Waals surface area contributed by atoms with Crippen LogP contribution in [0.25, 0.3) is 10.8 Å². The first-order valence-corrected chi connectivity index (χ1v) is 11.4. The lowest BCUT2D eigenvalue weighted by Gasteiger charge is -2.54. The maximum absolute atomic E-state index is 13.1. The number of fused-ring (bicyclic) bond motifs is 1. The molecule has 1 atom stereocenters. The zero-order valence-electron chi connectivity index (χ0n) is 19.7. The number of nitrogens with zero attached hydrogens (tertiary/aromatic N) is 1. The molecule has 0 aromatic heterocycles. The van der Waals surface area contributed by atoms with Crippen LogP contribution in [0.5, 0.6) is 0 Å². The van der Waals surface area contributed by atoms with Gasteiger partial charge < -0.3 is 4.74 Å². The lowest BCUT2D eigenvalue weighted by Crippen LogP contribution is -2.62. The van der Waals surface area contributed by atoms with Crippen molar-refractivity contribution in [1.82, 2.24) is 5.06 Å². The highest BCUT2D eigenvalue weighted by molar-refractivity contribution is 6.04. The maximum atomic E-state index is 13.1. The van der Waals surface area contributed by atoms with Crippen LogP contribution in [0.15, 0.2) is 72.8 Å². The molecule has 0 spiro atoms. The van der Waals surface area contributed by atoms with Gasteiger partial charge in [0.05, 0.1) is 5.56 Å². The van der Waals surface area contributed by atoms with Gasteiger partial charge in [0.1, 0.15) is 12.2 Å². The smallest absolute Gasteiger partial charge is 0.339 e. The zero-order chi connectivity index (χ0) is 22.9. The van der Waals surface area contributed by atoms with Gasteiger partial charge in [-0.15, -0.1) is 0 Å². The molecule has 4 rings (SSSR count). The number of carbonyl (C=O) groups is 1. The highest BCUT2D eigenvalue weighted by Crippen LogP contribution is 2.42. The van der Waals surface area contributed by atoms with Crippen LogP contribution in [-0.4, -0.2) is 28.2 Å². The SMILES string of the molecule is CC(ON1C(C)(C)CC(OC(=O)c2cccc3ccccc23)CC1(C)C)c1ccccc1. The number of rotatable bonds is 5. The fraction of sp³-hybridized carbons (Fsp3) is 0.393. The van der Waals surface area contributed by atoms with Gasteiger partial charge in [-0.25, -0.2) is 4.79 Å². The predicted octanol–water partition coefficient (Wildman–Crippen LogP) is 6.71. The first-order valence-electron chi connectivity index (χ1n) is 11.4. The summed E-state index contributed by atoms with van der Waals surface area (Å²) < 4.78 is 6.07. The van der Waals surface area contributed by atoms with E-state index in [4.69, 9.17) is 9.57 Å². The van der Waals surface area contributed by atoms with Gasteiger partial charge in [-0.2, -0.15) is 5.06 Å². The van der Waals surface area contributed by atoms with Gasteiger partial charge in [0, 0.05) is 23.9 Å². The van der Waals surface area contributed by atoms with Crippen LogP contribution in [0, 0.1) is 0 Å². The molecule has 1 saturated heterocycles. The van der Waals surface area contributed by atoms with Crippen molar-refractivity contribution in [3.8, 4) is 0 Å². The van der Waals surface area contributed by atoms with E-state index in [1.807, 2.05) is 60.7 Å². The first kappa shape index (κ1) is 22.5. The van der Waals surface area contributed by atoms with E-state index in [9.17, 15) is 4.79 Å². The van der Waals surface area contributed by atoms with Crippen LogP contribution in [-0.2, 0) is 9.57 Å². The van der Waals surface area contributed by atoms with Gasteiger partial charge in [0.25, 0.3) is 0 Å². The summed E-state index contributed by atoms with van der Waals surface area (Å²) in [5.41, 5.74) is 1.17. The number of carbonyl (C=O) groups excluding carboxylic acids is 1. The van der Waals surface area contributed by atoms with Crippen molar-refractivity contribution in [1.29, 1.82) is 0 Å². The fourth-order valence-electron chi connectivity index (χ4n) is 5.10. The normalized spacial score (nSPS) is 19.5. The van der Waals surface area contributed by atoms with Crippen LogP contribution in [0.1, 0.15) is 69.5 Å². The molecular weight excluding hydrogens is 398 g/mol. The third-order valence-corrected chi connectivity index (χ3v) is 6.37. The molecular formula is C28H33NO3. The van der Waals surface area contributed by atoms with Crippen molar-refractivity contribution in [2.75, 3.05) is 0 Å². The summed E-state index contributed by atoms with van der Waals surface area (Å²) in [6.07, 6.45) is 1.16. The lowest BCUT2D eigenvalue weighted by atomic mass is 9.80. The Labute approximate surface area is 191 Å². The van der Waals surface area contributed by atoms with Gasteiger partial charge in [-0.05, 0) is 57.0 Å². The average Bonchev–Trinajstić information content (AvgIpc) is 2.75. The predicted molar refractivity (Wildman–Crippen MR) is 128 cm³/mol. The Balaban J connectivity index is 1.51. The summed E-state index contributed by atoms with van der Waals surface area (Å²) in [6, 6.07) is 23.9. The highest BCUT2D eigenvalue weighted by atomic mass is 16.7. The number of hydrogen-bond acceptors (Lipinski definition) is 4. The van der Waals surface area contributed by atoms with Gasteiger partial charge in [-0.1, -0.05) is 66.7 Å². The highest BCUT2D eigenvalue weighted by Gasteiger charge is 2.48. The van der Waals surface area contributed by atoms with Crippen molar-refractivity contribution >= 4 is 16.7 Å². The van der Waals surface area contributed by atoms with Crippen LogP contribution in [0.2, 0.25) is 0 Å². The Hall–Kier alpha value is -2.69. The Bertz CT molecular complexity index is 1070. The minimum absolute atomic E-state index is 0.0652. The molecule has 1 fully saturated rings. The second kappa shape index (κ2) is 8.68. The molecule has 4 nitrogen and oxygen atoms in total. The van der Waals surface area contributed by atoms with E-state index in [2.05, 4.69) is 51.8 Å². The van der Waals surface area contributed by atoms with Gasteiger partial charge >= 0.3 is 5.97 Å². The number of hydrogen-bond donors (Lipinski definition) is 0. The standard InChI is InChI=1S/C28H33NO3/c1-20(21-12-7-6-8-13-21)32-29-27(2,3)18-23(19-28(29,4)5)31-26(30)25-17-11-15-22-14-9-10-16-24(22)25/h6-17,20,23H,18-19H2,1-5H3. The summed E-state index contributed by atoms with van der Waals surface area (Å²) in [5.74, 6) is -0.259. The lowest BCUT2D eigenvalue weighted by molar-refractivity contribution is -0.313. The van der Waals surface area contributed by atoms with Crippen molar-refractivity contribution in [3.05, 3.63) is 83.9 Å². The third-order valence-electron chi connectivity index (χ3n) is 6.37. The molecule has 0 amide bonds. The van der Waals surface area contributed by atoms with Crippen molar-refractivity contribution < 1.29 is 14.4 Å². The molecule has 0 saturated carbocycles. The Morgan fingerprint density at radius 3 is 2.16 bits per heavy atom. The molecule has 0 aliphatic carbocycles. The molecule has 3 aromatic rings. The summed E-state index contributed by atoms with van der Waals surface area (Å²) in [6.45, 7) is 10.7. The molecule has 0 N–H and O–H groups in total. The maximum Gasteiger partial charge on any atom is 0.339 e. The van der Waals surface area contributed by atoms with E-state index in [-0.39, 0.29) is 29.3 Å². The summed E-state index contributed by atoms with van der Waals surface area (Å²) in [4.78, 5) is 19.6. The molecule has 0 radical (unpaired) electrons. The number of benzene rings is 3. The van der Waals surface area contributed by atoms with E-state index in [0.717, 1.165) is 16.3 Å². The minimum atomic E-state index is -0.297. The molecule has 0 bridgehead atoms. The van der Waals surface area contributed by atoms with Gasteiger partial charge in [-0.3, -0.25) is 4.84 Å². The average molecular weight is 432 g/mol. The van der Waals surface area contributed by atoms with E-state index < -0.39 is 0 Å². The molecule has 1 unspecified atom stereocenters. The second-order valence-electron chi connectivity index (χ2n) is 10.0. The van der Waals surface area contributed by atoms with Crippen molar-refractivity contribution in [3.63, 3.8) is 0 Å². The first-order chi connectivity index (χ1) is 15.2. The molecule has 1 heterocycles. The van der Waals surface area contributed by atoms with Crippen LogP contribution in [0.4, 0.5) is 0 Å². The Kier molecular flexibility index (Phi) is 6.11. The minimum Gasteiger partial charge on any atom is -0.459 e. The zero-order valence-corrected chi connectivity index (χ0v) is 19.7. The van der Waals surface area contributed by atoms with Gasteiger partial charge in [0.2, 0.25) is 0 Å². The van der Waals surface area contributed by atoms with E-state index in [0.29, 0.717) is 18.4 Å². The Morgan fingerprint density at radius 1 is 0.875 bits per heavy atom. The number of hydroxylamine groups is 2. The van der Waals surface area contributed by atoms with Gasteiger partial charge in [0.15, 0.2) is 0 Å². The quantitative estimate of drug-likeness (QED) is 0.421. The molecule has 3 aromatic carbocycles. The molecule has 168 valence electrons. The van der Waals surface area contributed by atoms with Crippen molar-refractivity contribution in [2.24, 2.45) is 0 Å².